The minimum absolute atomic E-state index is 0.199. The van der Waals surface area contributed by atoms with Crippen LogP contribution in [0.5, 0.6) is 0 Å². The second-order valence-corrected chi connectivity index (χ2v) is 6.89. The third-order valence-electron chi connectivity index (χ3n) is 4.68. The number of hydrogen-bond donors (Lipinski definition) is 1. The zero-order valence-corrected chi connectivity index (χ0v) is 15.4. The number of nitrogens with one attached hydrogen (secondary N) is 1. The van der Waals surface area contributed by atoms with Crippen molar-refractivity contribution in [3.8, 4) is 5.69 Å². The molecule has 9 nitrogen and oxygen atoms in total. The lowest BCUT2D eigenvalue weighted by Gasteiger charge is -2.26. The molecule has 2 aliphatic rings. The summed E-state index contributed by atoms with van der Waals surface area (Å²) in [6.07, 6.45) is 1.53. The standard InChI is InChI=1S/C18H15ClN6O3/c19-11-3-4-13-14(8-11)25-17(23-6-5-20-16(13)23)22-24(18(25)27)10-15(26)21-9-12-2-1-7-28-12/h1-4,7-8H,5-6,9-10H2,(H,21,26). The molecule has 5 rings (SSSR count). The Kier molecular flexibility index (Phi) is 3.83. The summed E-state index contributed by atoms with van der Waals surface area (Å²) in [7, 11) is 0. The molecule has 0 spiro atoms. The highest BCUT2D eigenvalue weighted by Gasteiger charge is 2.34. The second-order valence-electron chi connectivity index (χ2n) is 6.45. The smallest absolute Gasteiger partial charge is 0.352 e. The van der Waals surface area contributed by atoms with Gasteiger partial charge in [-0.1, -0.05) is 11.6 Å². The number of anilines is 1. The number of amides is 1. The molecule has 2 aromatic heterocycles. The third kappa shape index (κ3) is 2.63. The van der Waals surface area contributed by atoms with Crippen LogP contribution in [0.25, 0.3) is 5.69 Å². The number of carbonyl (C=O) groups excluding carboxylic acids is 1. The molecule has 0 atom stereocenters. The van der Waals surface area contributed by atoms with Gasteiger partial charge in [-0.05, 0) is 30.3 Å². The molecule has 142 valence electrons. The molecule has 0 radical (unpaired) electrons. The number of fused-ring (bicyclic) bond motifs is 6. The van der Waals surface area contributed by atoms with Crippen LogP contribution in [0.2, 0.25) is 5.02 Å². The van der Waals surface area contributed by atoms with Gasteiger partial charge in [0.2, 0.25) is 11.9 Å². The van der Waals surface area contributed by atoms with Gasteiger partial charge < -0.3 is 9.73 Å². The number of furan rings is 1. The van der Waals surface area contributed by atoms with Crippen molar-refractivity contribution in [1.82, 2.24) is 19.7 Å². The molecule has 0 aliphatic carbocycles. The second kappa shape index (κ2) is 6.38. The van der Waals surface area contributed by atoms with Crippen molar-refractivity contribution in [2.45, 2.75) is 13.1 Å². The van der Waals surface area contributed by atoms with Crippen molar-refractivity contribution in [1.29, 1.82) is 0 Å². The minimum Gasteiger partial charge on any atom is -0.467 e. The SMILES string of the molecule is O=C(Cn1nc2n(c1=O)-c1cc(Cl)ccc1C1=NCCN12)NCc1ccco1. The normalized spacial score (nSPS) is 14.3. The maximum absolute atomic E-state index is 13.0. The van der Waals surface area contributed by atoms with Crippen LogP contribution in [0.1, 0.15) is 11.3 Å². The van der Waals surface area contributed by atoms with Crippen LogP contribution in [0.15, 0.2) is 50.8 Å². The van der Waals surface area contributed by atoms with Crippen molar-refractivity contribution in [3.63, 3.8) is 0 Å². The summed E-state index contributed by atoms with van der Waals surface area (Å²) < 4.78 is 7.82. The van der Waals surface area contributed by atoms with E-state index < -0.39 is 5.69 Å². The first-order valence-electron chi connectivity index (χ1n) is 8.73. The summed E-state index contributed by atoms with van der Waals surface area (Å²) in [6, 6.07) is 8.83. The third-order valence-corrected chi connectivity index (χ3v) is 4.91. The number of benzene rings is 1. The monoisotopic (exact) mass is 398 g/mol. The zero-order chi connectivity index (χ0) is 19.3. The van der Waals surface area contributed by atoms with Gasteiger partial charge >= 0.3 is 5.69 Å². The average Bonchev–Trinajstić information content (AvgIpc) is 3.41. The lowest BCUT2D eigenvalue weighted by molar-refractivity contribution is -0.122. The molecule has 1 amide bonds. The van der Waals surface area contributed by atoms with E-state index in [4.69, 9.17) is 16.0 Å². The van der Waals surface area contributed by atoms with Crippen molar-refractivity contribution >= 4 is 29.3 Å². The fourth-order valence-corrected chi connectivity index (χ4v) is 3.59. The number of amidine groups is 1. The van der Waals surface area contributed by atoms with Crippen molar-refractivity contribution in [2.24, 2.45) is 4.99 Å². The molecule has 0 unspecified atom stereocenters. The predicted molar refractivity (Wildman–Crippen MR) is 102 cm³/mol. The largest absolute Gasteiger partial charge is 0.467 e. The predicted octanol–water partition coefficient (Wildman–Crippen LogP) is 1.18. The minimum atomic E-state index is -0.405. The van der Waals surface area contributed by atoms with Crippen LogP contribution in [0.4, 0.5) is 5.95 Å². The summed E-state index contributed by atoms with van der Waals surface area (Å²) in [5, 5.41) is 7.61. The Morgan fingerprint density at radius 2 is 2.21 bits per heavy atom. The first-order chi connectivity index (χ1) is 13.6. The van der Waals surface area contributed by atoms with Crippen LogP contribution in [0, 0.1) is 0 Å². The molecule has 28 heavy (non-hydrogen) atoms. The van der Waals surface area contributed by atoms with Gasteiger partial charge in [0.25, 0.3) is 0 Å². The first kappa shape index (κ1) is 16.8. The Balaban J connectivity index is 1.49. The Bertz CT molecular complexity index is 1160. The number of halogens is 1. The van der Waals surface area contributed by atoms with Gasteiger partial charge in [-0.3, -0.25) is 14.7 Å². The number of carbonyl (C=O) groups is 1. The highest BCUT2D eigenvalue weighted by atomic mass is 35.5. The number of aliphatic imine (C=N–C) groups is 1. The van der Waals surface area contributed by atoms with E-state index in [0.717, 1.165) is 16.1 Å². The highest BCUT2D eigenvalue weighted by molar-refractivity contribution is 6.31. The van der Waals surface area contributed by atoms with E-state index >= 15 is 0 Å². The fourth-order valence-electron chi connectivity index (χ4n) is 3.43. The van der Waals surface area contributed by atoms with Crippen molar-refractivity contribution in [3.05, 3.63) is 63.4 Å². The Hall–Kier alpha value is -3.33. The fraction of sp³-hybridized carbons (Fsp3) is 0.222. The van der Waals surface area contributed by atoms with E-state index in [0.29, 0.717) is 35.5 Å². The molecule has 10 heteroatoms. The van der Waals surface area contributed by atoms with Gasteiger partial charge in [-0.2, -0.15) is 0 Å². The Morgan fingerprint density at radius 3 is 3.04 bits per heavy atom. The van der Waals surface area contributed by atoms with Crippen LogP contribution in [-0.4, -0.2) is 39.2 Å². The summed E-state index contributed by atoms with van der Waals surface area (Å²) in [5.41, 5.74) is 1.03. The maximum Gasteiger partial charge on any atom is 0.352 e. The Labute approximate surface area is 163 Å². The summed E-state index contributed by atoms with van der Waals surface area (Å²) in [6.45, 7) is 1.28. The molecular weight excluding hydrogens is 384 g/mol. The molecule has 1 aromatic carbocycles. The van der Waals surface area contributed by atoms with Crippen LogP contribution in [0.3, 0.4) is 0 Å². The molecule has 0 saturated carbocycles. The molecule has 4 heterocycles. The molecule has 0 saturated heterocycles. The number of rotatable bonds is 4. The van der Waals surface area contributed by atoms with E-state index in [-0.39, 0.29) is 19.0 Å². The highest BCUT2D eigenvalue weighted by Crippen LogP contribution is 2.31. The summed E-state index contributed by atoms with van der Waals surface area (Å²) in [4.78, 5) is 31.7. The van der Waals surface area contributed by atoms with E-state index in [1.54, 1.807) is 24.3 Å². The van der Waals surface area contributed by atoms with Crippen LogP contribution in [-0.2, 0) is 17.9 Å². The Morgan fingerprint density at radius 1 is 1.32 bits per heavy atom. The van der Waals surface area contributed by atoms with Gasteiger partial charge in [-0.15, -0.1) is 5.10 Å². The van der Waals surface area contributed by atoms with Crippen LogP contribution < -0.4 is 15.9 Å². The van der Waals surface area contributed by atoms with Crippen molar-refractivity contribution in [2.75, 3.05) is 18.0 Å². The van der Waals surface area contributed by atoms with Gasteiger partial charge in [0, 0.05) is 17.1 Å². The number of hydrogen-bond acceptors (Lipinski definition) is 6. The lowest BCUT2D eigenvalue weighted by Crippen LogP contribution is -2.38. The van der Waals surface area contributed by atoms with E-state index in [9.17, 15) is 9.59 Å². The molecule has 0 bridgehead atoms. The van der Waals surface area contributed by atoms with Gasteiger partial charge in [0.1, 0.15) is 18.1 Å². The summed E-state index contributed by atoms with van der Waals surface area (Å²) >= 11 is 6.15. The molecule has 3 aromatic rings. The molecular formula is C18H15ClN6O3. The van der Waals surface area contributed by atoms with Gasteiger partial charge in [-0.25, -0.2) is 14.0 Å². The quantitative estimate of drug-likeness (QED) is 0.711. The van der Waals surface area contributed by atoms with Gasteiger partial charge in [0.15, 0.2) is 0 Å². The maximum atomic E-state index is 13.0. The summed E-state index contributed by atoms with van der Waals surface area (Å²) in [5.74, 6) is 1.50. The van der Waals surface area contributed by atoms with E-state index in [2.05, 4.69) is 15.4 Å². The number of nitrogens with zero attached hydrogens (tertiary/aromatic N) is 5. The average molecular weight is 399 g/mol. The lowest BCUT2D eigenvalue weighted by atomic mass is 10.1. The molecule has 2 aliphatic heterocycles. The van der Waals surface area contributed by atoms with E-state index in [1.807, 2.05) is 11.0 Å². The first-order valence-corrected chi connectivity index (χ1v) is 9.11. The molecule has 0 fully saturated rings. The van der Waals surface area contributed by atoms with E-state index in [1.165, 1.54) is 10.8 Å². The zero-order valence-electron chi connectivity index (χ0n) is 14.6. The molecule has 1 N–H and O–H groups in total. The van der Waals surface area contributed by atoms with Crippen LogP contribution >= 0.6 is 11.6 Å². The topological polar surface area (TPSA) is 97.7 Å². The van der Waals surface area contributed by atoms with Gasteiger partial charge in [0.05, 0.1) is 25.0 Å². The van der Waals surface area contributed by atoms with Crippen molar-refractivity contribution < 1.29 is 9.21 Å². The number of aromatic nitrogens is 3.